The van der Waals surface area contributed by atoms with Gasteiger partial charge in [0.1, 0.15) is 0 Å². The lowest BCUT2D eigenvalue weighted by Gasteiger charge is -2.30. The van der Waals surface area contributed by atoms with Crippen LogP contribution in [0.1, 0.15) is 22.5 Å². The van der Waals surface area contributed by atoms with Crippen LogP contribution in [-0.2, 0) is 0 Å². The highest BCUT2D eigenvalue weighted by Crippen LogP contribution is 2.24. The Bertz CT molecular complexity index is 716. The van der Waals surface area contributed by atoms with Crippen molar-refractivity contribution in [2.45, 2.75) is 18.9 Å². The van der Waals surface area contributed by atoms with E-state index >= 15 is 0 Å². The number of nitrogens with zero attached hydrogens (tertiary/aromatic N) is 1. The number of para-hydroxylation sites is 1. The van der Waals surface area contributed by atoms with E-state index in [0.29, 0.717) is 22.1 Å². The van der Waals surface area contributed by atoms with Crippen LogP contribution in [0.2, 0.25) is 0 Å². The Morgan fingerprint density at radius 3 is 2.67 bits per heavy atom. The van der Waals surface area contributed by atoms with Crippen LogP contribution in [-0.4, -0.2) is 36.0 Å². The summed E-state index contributed by atoms with van der Waals surface area (Å²) in [6.45, 7) is 1.33. The second-order valence-corrected chi connectivity index (χ2v) is 6.85. The molecule has 3 rings (SSSR count). The van der Waals surface area contributed by atoms with Gasteiger partial charge in [0.05, 0.1) is 9.88 Å². The number of carbonyl (C=O) groups excluding carboxylic acids is 2. The van der Waals surface area contributed by atoms with E-state index in [9.17, 15) is 9.59 Å². The number of thiophene rings is 1. The van der Waals surface area contributed by atoms with Gasteiger partial charge >= 0.3 is 6.03 Å². The van der Waals surface area contributed by atoms with Gasteiger partial charge in [-0.2, -0.15) is 0 Å². The van der Waals surface area contributed by atoms with E-state index in [0.717, 1.165) is 19.4 Å². The molecule has 0 spiro atoms. The number of amides is 3. The monoisotopic (exact) mass is 344 g/mol. The zero-order valence-electron chi connectivity index (χ0n) is 13.2. The third-order valence-electron chi connectivity index (χ3n) is 3.83. The fourth-order valence-electron chi connectivity index (χ4n) is 2.67. The Labute approximate surface area is 144 Å². The summed E-state index contributed by atoms with van der Waals surface area (Å²) in [6.07, 6.45) is 1.89. The van der Waals surface area contributed by atoms with E-state index < -0.39 is 0 Å². The van der Waals surface area contributed by atoms with Gasteiger partial charge in [-0.1, -0.05) is 18.2 Å². The van der Waals surface area contributed by atoms with Crippen molar-refractivity contribution < 1.29 is 9.59 Å². The van der Waals surface area contributed by atoms with Gasteiger partial charge in [0.2, 0.25) is 0 Å². The van der Waals surface area contributed by atoms with Gasteiger partial charge in [0.25, 0.3) is 5.91 Å². The van der Waals surface area contributed by atoms with Gasteiger partial charge in [0, 0.05) is 24.8 Å². The Kier molecular flexibility index (Phi) is 5.12. The molecule has 2 aromatic rings. The number of nitrogens with one attached hydrogen (secondary N) is 2. The van der Waals surface area contributed by atoms with Crippen molar-refractivity contribution in [1.29, 1.82) is 0 Å². The average Bonchev–Trinajstić information content (AvgIpc) is 3.03. The normalized spacial score (nSPS) is 17.4. The summed E-state index contributed by atoms with van der Waals surface area (Å²) < 4.78 is 0. The van der Waals surface area contributed by atoms with E-state index in [1.807, 2.05) is 30.3 Å². The third kappa shape index (κ3) is 4.12. The molecule has 2 heterocycles. The molecule has 1 fully saturated rings. The van der Waals surface area contributed by atoms with Gasteiger partial charge in [-0.25, -0.2) is 4.79 Å². The molecule has 1 aromatic carbocycles. The number of benzene rings is 1. The van der Waals surface area contributed by atoms with E-state index in [2.05, 4.69) is 10.6 Å². The summed E-state index contributed by atoms with van der Waals surface area (Å²) in [6, 6.07) is 12.4. The maximum atomic E-state index is 12.5. The molecule has 4 N–H and O–H groups in total. The first kappa shape index (κ1) is 16.5. The summed E-state index contributed by atoms with van der Waals surface area (Å²) >= 11 is 1.27. The number of nitrogens with two attached hydrogens (primary N) is 1. The minimum Gasteiger partial charge on any atom is -0.336 e. The number of piperidine rings is 1. The van der Waals surface area contributed by atoms with Crippen molar-refractivity contribution in [3.05, 3.63) is 47.3 Å². The highest BCUT2D eigenvalue weighted by Gasteiger charge is 2.23. The van der Waals surface area contributed by atoms with Crippen LogP contribution in [0.4, 0.5) is 15.5 Å². The molecule has 0 bridgehead atoms. The topological polar surface area (TPSA) is 87.5 Å². The highest BCUT2D eigenvalue weighted by molar-refractivity contribution is 7.18. The van der Waals surface area contributed by atoms with E-state index in [1.54, 1.807) is 17.0 Å². The first-order valence-electron chi connectivity index (χ1n) is 7.89. The lowest BCUT2D eigenvalue weighted by Crippen LogP contribution is -2.45. The van der Waals surface area contributed by atoms with E-state index in [4.69, 9.17) is 5.73 Å². The molecule has 1 aliphatic heterocycles. The molecule has 1 atom stereocenters. The Balaban J connectivity index is 1.59. The van der Waals surface area contributed by atoms with Gasteiger partial charge in [0.15, 0.2) is 0 Å². The van der Waals surface area contributed by atoms with Gasteiger partial charge in [-0.3, -0.25) is 10.1 Å². The van der Waals surface area contributed by atoms with Crippen molar-refractivity contribution >= 4 is 34.0 Å². The predicted molar refractivity (Wildman–Crippen MR) is 96.5 cm³/mol. The first-order valence-corrected chi connectivity index (χ1v) is 8.71. The molecule has 1 unspecified atom stereocenters. The summed E-state index contributed by atoms with van der Waals surface area (Å²) in [4.78, 5) is 26.9. The quantitative estimate of drug-likeness (QED) is 0.800. The van der Waals surface area contributed by atoms with E-state index in [1.165, 1.54) is 11.3 Å². The minimum absolute atomic E-state index is 0.0216. The lowest BCUT2D eigenvalue weighted by atomic mass is 10.1. The van der Waals surface area contributed by atoms with Gasteiger partial charge < -0.3 is 16.0 Å². The summed E-state index contributed by atoms with van der Waals surface area (Å²) in [5, 5.41) is 6.13. The van der Waals surface area contributed by atoms with Crippen LogP contribution < -0.4 is 16.4 Å². The number of hydrogen-bond acceptors (Lipinski definition) is 4. The lowest BCUT2D eigenvalue weighted by molar-refractivity contribution is 0.0713. The Morgan fingerprint density at radius 2 is 1.92 bits per heavy atom. The van der Waals surface area contributed by atoms with Crippen LogP contribution in [0.3, 0.4) is 0 Å². The molecular weight excluding hydrogens is 324 g/mol. The van der Waals surface area contributed by atoms with Crippen LogP contribution in [0.25, 0.3) is 0 Å². The molecule has 0 radical (unpaired) electrons. The molecule has 6 nitrogen and oxygen atoms in total. The molecule has 1 saturated heterocycles. The predicted octanol–water partition coefficient (Wildman–Crippen LogP) is 2.96. The Morgan fingerprint density at radius 1 is 1.12 bits per heavy atom. The van der Waals surface area contributed by atoms with Crippen LogP contribution >= 0.6 is 11.3 Å². The molecule has 1 aromatic heterocycles. The third-order valence-corrected chi connectivity index (χ3v) is 4.82. The number of carbonyl (C=O) groups is 2. The molecule has 3 amide bonds. The zero-order valence-corrected chi connectivity index (χ0v) is 14.0. The molecule has 24 heavy (non-hydrogen) atoms. The van der Waals surface area contributed by atoms with Crippen molar-refractivity contribution in [3.8, 4) is 0 Å². The number of urea groups is 1. The highest BCUT2D eigenvalue weighted by atomic mass is 32.1. The molecular formula is C17H20N4O2S. The van der Waals surface area contributed by atoms with E-state index in [-0.39, 0.29) is 18.0 Å². The standard InChI is InChI=1S/C17H20N4O2S/c18-12-5-4-10-21(11-12)16(22)14-8-9-15(24-14)20-17(23)19-13-6-2-1-3-7-13/h1-3,6-9,12H,4-5,10-11,18H2,(H2,19,20,23). The largest absolute Gasteiger partial charge is 0.336 e. The van der Waals surface area contributed by atoms with Crippen molar-refractivity contribution in [2.24, 2.45) is 5.73 Å². The zero-order chi connectivity index (χ0) is 16.9. The molecule has 0 aliphatic carbocycles. The van der Waals surface area contributed by atoms with Gasteiger partial charge in [-0.15, -0.1) is 11.3 Å². The molecule has 0 saturated carbocycles. The second kappa shape index (κ2) is 7.46. The fourth-order valence-corrected chi connectivity index (χ4v) is 3.54. The summed E-state index contributed by atoms with van der Waals surface area (Å²) in [7, 11) is 0. The average molecular weight is 344 g/mol. The van der Waals surface area contributed by atoms with Crippen molar-refractivity contribution in [1.82, 2.24) is 4.90 Å². The van der Waals surface area contributed by atoms with Gasteiger partial charge in [-0.05, 0) is 37.1 Å². The number of anilines is 2. The van der Waals surface area contributed by atoms with Crippen LogP contribution in [0, 0.1) is 0 Å². The van der Waals surface area contributed by atoms with Crippen LogP contribution in [0.15, 0.2) is 42.5 Å². The SMILES string of the molecule is NC1CCCN(C(=O)c2ccc(NC(=O)Nc3ccccc3)s2)C1. The smallest absolute Gasteiger partial charge is 0.324 e. The molecule has 7 heteroatoms. The van der Waals surface area contributed by atoms with Crippen LogP contribution in [0.5, 0.6) is 0 Å². The van der Waals surface area contributed by atoms with Crippen molar-refractivity contribution in [2.75, 3.05) is 23.7 Å². The summed E-state index contributed by atoms with van der Waals surface area (Å²) in [5.74, 6) is -0.0216. The maximum Gasteiger partial charge on any atom is 0.324 e. The molecule has 126 valence electrons. The fraction of sp³-hybridized carbons (Fsp3) is 0.294. The second-order valence-electron chi connectivity index (χ2n) is 5.76. The minimum atomic E-state index is -0.331. The summed E-state index contributed by atoms with van der Waals surface area (Å²) in [5.41, 5.74) is 6.64. The number of rotatable bonds is 3. The number of hydrogen-bond donors (Lipinski definition) is 3. The Hall–Kier alpha value is -2.38. The van der Waals surface area contributed by atoms with Crippen molar-refractivity contribution in [3.63, 3.8) is 0 Å². The first-order chi connectivity index (χ1) is 11.6. The molecule has 1 aliphatic rings. The number of likely N-dealkylation sites (tertiary alicyclic amines) is 1. The maximum absolute atomic E-state index is 12.5.